The van der Waals surface area contributed by atoms with Gasteiger partial charge in [0.05, 0.1) is 0 Å². The average molecular weight is 245 g/mol. The van der Waals surface area contributed by atoms with Gasteiger partial charge in [0.25, 0.3) is 0 Å². The molecule has 1 aromatic rings. The van der Waals surface area contributed by atoms with E-state index in [0.717, 1.165) is 38.6 Å². The van der Waals surface area contributed by atoms with Crippen LogP contribution in [0.2, 0.25) is 0 Å². The highest BCUT2D eigenvalue weighted by Gasteiger charge is 2.18. The van der Waals surface area contributed by atoms with Crippen molar-refractivity contribution in [1.82, 2.24) is 0 Å². The molecule has 1 aromatic carbocycles. The molecule has 1 aliphatic rings. The standard InChI is InChI=1S/C16H23NO/c1-2-3-13-4-8-15(9-5-13)17-12-14-6-10-16(18)11-7-14/h4-5,8-9,14,17H,2-3,6-7,10-12H2,1H3. The van der Waals surface area contributed by atoms with E-state index in [2.05, 4.69) is 36.5 Å². The lowest BCUT2D eigenvalue weighted by atomic mass is 9.88. The fraction of sp³-hybridized carbons (Fsp3) is 0.562. The number of benzene rings is 1. The van der Waals surface area contributed by atoms with E-state index in [-0.39, 0.29) is 0 Å². The van der Waals surface area contributed by atoms with Gasteiger partial charge in [0.1, 0.15) is 5.78 Å². The number of Topliss-reactive ketones (excluding diaryl/α,β-unsaturated/α-hetero) is 1. The van der Waals surface area contributed by atoms with Crippen molar-refractivity contribution in [3.05, 3.63) is 29.8 Å². The Morgan fingerprint density at radius 2 is 1.83 bits per heavy atom. The van der Waals surface area contributed by atoms with Gasteiger partial charge in [-0.2, -0.15) is 0 Å². The Hall–Kier alpha value is -1.31. The summed E-state index contributed by atoms with van der Waals surface area (Å²) in [4.78, 5) is 11.2. The van der Waals surface area contributed by atoms with Crippen LogP contribution in [0.25, 0.3) is 0 Å². The summed E-state index contributed by atoms with van der Waals surface area (Å²) in [6, 6.07) is 8.74. The van der Waals surface area contributed by atoms with Gasteiger partial charge in [-0.15, -0.1) is 0 Å². The highest BCUT2D eigenvalue weighted by molar-refractivity contribution is 5.79. The number of rotatable bonds is 5. The highest BCUT2D eigenvalue weighted by Crippen LogP contribution is 2.22. The van der Waals surface area contributed by atoms with E-state index in [0.29, 0.717) is 11.7 Å². The van der Waals surface area contributed by atoms with Crippen molar-refractivity contribution < 1.29 is 4.79 Å². The molecular weight excluding hydrogens is 222 g/mol. The summed E-state index contributed by atoms with van der Waals surface area (Å²) in [5.74, 6) is 1.10. The quantitative estimate of drug-likeness (QED) is 0.854. The second-order valence-electron chi connectivity index (χ2n) is 5.31. The molecule has 1 fully saturated rings. The maximum Gasteiger partial charge on any atom is 0.132 e. The first-order valence-electron chi connectivity index (χ1n) is 7.12. The molecule has 0 heterocycles. The molecule has 0 aromatic heterocycles. The van der Waals surface area contributed by atoms with Gasteiger partial charge in [0, 0.05) is 25.1 Å². The lowest BCUT2D eigenvalue weighted by molar-refractivity contribution is -0.120. The van der Waals surface area contributed by atoms with E-state index in [1.165, 1.54) is 17.7 Å². The number of hydrogen-bond donors (Lipinski definition) is 1. The van der Waals surface area contributed by atoms with Gasteiger partial charge in [0.15, 0.2) is 0 Å². The van der Waals surface area contributed by atoms with Gasteiger partial charge >= 0.3 is 0 Å². The van der Waals surface area contributed by atoms with E-state index in [1.54, 1.807) is 0 Å². The van der Waals surface area contributed by atoms with Crippen LogP contribution in [0, 0.1) is 5.92 Å². The Morgan fingerprint density at radius 1 is 1.17 bits per heavy atom. The number of anilines is 1. The molecule has 0 aliphatic heterocycles. The second kappa shape index (κ2) is 6.58. The summed E-state index contributed by atoms with van der Waals surface area (Å²) in [6.45, 7) is 3.21. The van der Waals surface area contributed by atoms with Crippen molar-refractivity contribution in [3.63, 3.8) is 0 Å². The SMILES string of the molecule is CCCc1ccc(NCC2CCC(=O)CC2)cc1. The predicted molar refractivity (Wildman–Crippen MR) is 75.9 cm³/mol. The zero-order valence-electron chi connectivity index (χ0n) is 11.2. The molecule has 0 bridgehead atoms. The van der Waals surface area contributed by atoms with Crippen molar-refractivity contribution in [3.8, 4) is 0 Å². The topological polar surface area (TPSA) is 29.1 Å². The van der Waals surface area contributed by atoms with Crippen molar-refractivity contribution in [1.29, 1.82) is 0 Å². The Morgan fingerprint density at radius 3 is 2.44 bits per heavy atom. The van der Waals surface area contributed by atoms with E-state index in [9.17, 15) is 4.79 Å². The number of ketones is 1. The predicted octanol–water partition coefficient (Wildman–Crippen LogP) is 3.81. The van der Waals surface area contributed by atoms with Crippen molar-refractivity contribution in [2.75, 3.05) is 11.9 Å². The van der Waals surface area contributed by atoms with Gasteiger partial charge in [0.2, 0.25) is 0 Å². The smallest absolute Gasteiger partial charge is 0.132 e. The molecular formula is C16H23NO. The first-order chi connectivity index (χ1) is 8.78. The maximum atomic E-state index is 11.2. The number of hydrogen-bond acceptors (Lipinski definition) is 2. The second-order valence-corrected chi connectivity index (χ2v) is 5.31. The number of carbonyl (C=O) groups excluding carboxylic acids is 1. The van der Waals surface area contributed by atoms with Crippen LogP contribution >= 0.6 is 0 Å². The van der Waals surface area contributed by atoms with E-state index in [1.807, 2.05) is 0 Å². The first kappa shape index (κ1) is 13.1. The third-order valence-corrected chi connectivity index (χ3v) is 3.75. The molecule has 98 valence electrons. The Labute approximate surface area is 110 Å². The lowest BCUT2D eigenvalue weighted by Crippen LogP contribution is -2.20. The van der Waals surface area contributed by atoms with Crippen LogP contribution in [0.1, 0.15) is 44.6 Å². The highest BCUT2D eigenvalue weighted by atomic mass is 16.1. The monoisotopic (exact) mass is 245 g/mol. The third-order valence-electron chi connectivity index (χ3n) is 3.75. The largest absolute Gasteiger partial charge is 0.385 e. The normalized spacial score (nSPS) is 16.8. The fourth-order valence-corrected chi connectivity index (χ4v) is 2.54. The van der Waals surface area contributed by atoms with Gasteiger partial charge in [-0.25, -0.2) is 0 Å². The molecule has 2 rings (SSSR count). The summed E-state index contributed by atoms with van der Waals surface area (Å²) in [7, 11) is 0. The van der Waals surface area contributed by atoms with Gasteiger partial charge in [-0.1, -0.05) is 25.5 Å². The van der Waals surface area contributed by atoms with Gasteiger partial charge in [-0.3, -0.25) is 4.79 Å². The van der Waals surface area contributed by atoms with Crippen molar-refractivity contribution in [2.45, 2.75) is 45.4 Å². The van der Waals surface area contributed by atoms with Crippen LogP contribution in [0.4, 0.5) is 5.69 Å². The molecule has 0 spiro atoms. The zero-order valence-corrected chi connectivity index (χ0v) is 11.2. The molecule has 1 saturated carbocycles. The Kier molecular flexibility index (Phi) is 4.80. The number of aryl methyl sites for hydroxylation is 1. The minimum absolute atomic E-state index is 0.440. The first-order valence-corrected chi connectivity index (χ1v) is 7.12. The minimum atomic E-state index is 0.440. The molecule has 0 amide bonds. The van der Waals surface area contributed by atoms with Crippen molar-refractivity contribution in [2.24, 2.45) is 5.92 Å². The Bertz CT molecular complexity index is 373. The van der Waals surface area contributed by atoms with Crippen LogP contribution in [-0.2, 0) is 11.2 Å². The molecule has 18 heavy (non-hydrogen) atoms. The third kappa shape index (κ3) is 3.86. The van der Waals surface area contributed by atoms with E-state index < -0.39 is 0 Å². The van der Waals surface area contributed by atoms with Crippen LogP contribution in [0.5, 0.6) is 0 Å². The van der Waals surface area contributed by atoms with E-state index >= 15 is 0 Å². The van der Waals surface area contributed by atoms with Gasteiger partial charge in [-0.05, 0) is 42.9 Å². The number of carbonyl (C=O) groups is 1. The minimum Gasteiger partial charge on any atom is -0.385 e. The Balaban J connectivity index is 1.77. The molecule has 0 unspecified atom stereocenters. The summed E-state index contributed by atoms with van der Waals surface area (Å²) in [5, 5.41) is 3.49. The van der Waals surface area contributed by atoms with Crippen LogP contribution < -0.4 is 5.32 Å². The summed E-state index contributed by atoms with van der Waals surface area (Å²) in [6.07, 6.45) is 6.02. The number of nitrogens with one attached hydrogen (secondary N) is 1. The van der Waals surface area contributed by atoms with Gasteiger partial charge < -0.3 is 5.32 Å². The van der Waals surface area contributed by atoms with Crippen LogP contribution in [-0.4, -0.2) is 12.3 Å². The average Bonchev–Trinajstić information content (AvgIpc) is 2.40. The molecule has 1 aliphatic carbocycles. The van der Waals surface area contributed by atoms with Crippen LogP contribution in [0.3, 0.4) is 0 Å². The molecule has 1 N–H and O–H groups in total. The maximum absolute atomic E-state index is 11.2. The van der Waals surface area contributed by atoms with Crippen molar-refractivity contribution >= 4 is 11.5 Å². The van der Waals surface area contributed by atoms with E-state index in [4.69, 9.17) is 0 Å². The molecule has 0 radical (unpaired) electrons. The lowest BCUT2D eigenvalue weighted by Gasteiger charge is -2.21. The fourth-order valence-electron chi connectivity index (χ4n) is 2.54. The molecule has 2 heteroatoms. The molecule has 2 nitrogen and oxygen atoms in total. The summed E-state index contributed by atoms with van der Waals surface area (Å²) >= 11 is 0. The summed E-state index contributed by atoms with van der Waals surface area (Å²) in [5.41, 5.74) is 2.61. The van der Waals surface area contributed by atoms with Crippen LogP contribution in [0.15, 0.2) is 24.3 Å². The molecule has 0 atom stereocenters. The zero-order chi connectivity index (χ0) is 12.8. The molecule has 0 saturated heterocycles. The summed E-state index contributed by atoms with van der Waals surface area (Å²) < 4.78 is 0.